The number of esters is 2. The summed E-state index contributed by atoms with van der Waals surface area (Å²) in [6.45, 7) is 0.639. The lowest BCUT2D eigenvalue weighted by Gasteiger charge is -2.63. The molecule has 8 N–H and O–H groups in total. The highest BCUT2D eigenvalue weighted by Gasteiger charge is 2.78. The Kier molecular flexibility index (Phi) is 13.6. The fourth-order valence-corrected chi connectivity index (χ4v) is 8.79. The Labute approximate surface area is 300 Å². The van der Waals surface area contributed by atoms with Gasteiger partial charge in [0.25, 0.3) is 0 Å². The Morgan fingerprint density at radius 1 is 0.925 bits per heavy atom. The number of hydrogen-bond donors (Lipinski definition) is 8. The van der Waals surface area contributed by atoms with E-state index in [1.54, 1.807) is 0 Å². The Morgan fingerprint density at radius 3 is 2.23 bits per heavy atom. The van der Waals surface area contributed by atoms with Crippen molar-refractivity contribution in [1.82, 2.24) is 16.2 Å². The number of aliphatic hydroxyl groups is 2. The van der Waals surface area contributed by atoms with Crippen LogP contribution in [-0.4, -0.2) is 137 Å². The van der Waals surface area contributed by atoms with Gasteiger partial charge in [0.15, 0.2) is 18.1 Å². The summed E-state index contributed by atoms with van der Waals surface area (Å²) < 4.78 is 44.5. The van der Waals surface area contributed by atoms with Gasteiger partial charge in [-0.05, 0) is 69.1 Å². The molecular weight excluding hydrogens is 724 g/mol. The molecule has 0 bridgehead atoms. The van der Waals surface area contributed by atoms with Gasteiger partial charge >= 0.3 is 11.9 Å². The molecule has 300 valence electrons. The summed E-state index contributed by atoms with van der Waals surface area (Å²) in [4.78, 5) is 65.7. The van der Waals surface area contributed by atoms with Crippen LogP contribution in [0, 0.1) is 22.7 Å². The lowest BCUT2D eigenvalue weighted by Crippen LogP contribution is -2.71. The molecule has 3 saturated carbocycles. The summed E-state index contributed by atoms with van der Waals surface area (Å²) >= 11 is 0. The molecule has 10 atom stereocenters. The number of carbonyl (C=O) groups is 4. The van der Waals surface area contributed by atoms with Crippen molar-refractivity contribution in [3.63, 3.8) is 0 Å². The highest BCUT2D eigenvalue weighted by Crippen LogP contribution is 2.70. The fourth-order valence-electron chi connectivity index (χ4n) is 8.79. The van der Waals surface area contributed by atoms with Gasteiger partial charge in [-0.25, -0.2) is 18.5 Å². The maximum absolute atomic E-state index is 17.6. The number of carbonyl (C=O) groups excluding carboxylic acids is 4. The molecular formula is C31H45F2N3O17. The number of alkyl halides is 2. The molecule has 0 aliphatic heterocycles. The number of Topliss-reactive ketones (excluding diaryl/α,β-unsaturated/α-hetero) is 1. The summed E-state index contributed by atoms with van der Waals surface area (Å²) in [6, 6.07) is 0. The zero-order chi connectivity index (χ0) is 39.5. The van der Waals surface area contributed by atoms with Crippen molar-refractivity contribution in [2.45, 2.75) is 101 Å². The highest BCUT2D eigenvalue weighted by atomic mass is 19.1. The van der Waals surface area contributed by atoms with Crippen molar-refractivity contribution < 1.29 is 93.4 Å². The van der Waals surface area contributed by atoms with Crippen LogP contribution < -0.4 is 0 Å². The zero-order valence-corrected chi connectivity index (χ0v) is 28.8. The number of hydrogen-bond acceptors (Lipinski definition) is 20. The molecule has 20 nitrogen and oxygen atoms in total. The molecule has 0 amide bonds. The summed E-state index contributed by atoms with van der Waals surface area (Å²) in [7, 11) is 0. The molecule has 0 heterocycles. The Balaban J connectivity index is 1.59. The summed E-state index contributed by atoms with van der Waals surface area (Å²) in [6.07, 6.45) is -6.48. The van der Waals surface area contributed by atoms with Crippen LogP contribution in [0.25, 0.3) is 0 Å². The van der Waals surface area contributed by atoms with Crippen LogP contribution in [0.2, 0.25) is 0 Å². The fraction of sp³-hybridized carbons (Fsp3) is 0.742. The van der Waals surface area contributed by atoms with Gasteiger partial charge in [-0.15, -0.1) is 0 Å². The maximum atomic E-state index is 17.6. The van der Waals surface area contributed by atoms with Crippen molar-refractivity contribution in [2.75, 3.05) is 19.8 Å². The van der Waals surface area contributed by atoms with Gasteiger partial charge in [-0.1, -0.05) is 13.0 Å². The van der Waals surface area contributed by atoms with Crippen LogP contribution in [0.1, 0.15) is 65.2 Å². The van der Waals surface area contributed by atoms with Crippen molar-refractivity contribution in [3.05, 3.63) is 23.8 Å². The lowest BCUT2D eigenvalue weighted by molar-refractivity contribution is -0.527. The van der Waals surface area contributed by atoms with Gasteiger partial charge in [0.2, 0.25) is 11.4 Å². The number of halogens is 2. The standard InChI is InChI=1S/C31H45F2N3O17/c1-28-9-8-17(37)11-21(28)22(32)12-20-19-13-23(38)31(29(19,2)14-24(39)30(20,28)33,52-27(42)7-4-10-50-34(43)44)25(40)16-49-26(41)6-3-5-18(53-36(47)48)15-51-35(45)46/h8-9,11,18-20,22-24,38-39,43-48H,3-7,10,12-16H2,1-2H3/t18?,19?,20?,22-,23+,24-,28-,29-,30-,31-/m0/s1. The molecule has 0 aromatic rings. The maximum Gasteiger partial charge on any atom is 0.306 e. The molecule has 0 aromatic heterocycles. The van der Waals surface area contributed by atoms with Crippen molar-refractivity contribution in [1.29, 1.82) is 0 Å². The normalized spacial score (nSPS) is 35.5. The first-order chi connectivity index (χ1) is 24.7. The van der Waals surface area contributed by atoms with Gasteiger partial charge in [0.1, 0.15) is 25.0 Å². The molecule has 0 radical (unpaired) electrons. The SMILES string of the molecule is C[C@]12C=CC(=O)C=C1[C@@H](F)CC1C3C[C@@H](O)[C@](OC(=O)CCCON(O)O)(C(=O)COC(=O)CCCC(CON(O)O)ON(O)O)[C@@]3(C)C[C@H](O)[C@@]12F. The number of aliphatic hydroxyl groups excluding tert-OH is 2. The molecule has 0 saturated heterocycles. The van der Waals surface area contributed by atoms with E-state index in [0.29, 0.717) is 0 Å². The van der Waals surface area contributed by atoms with E-state index in [-0.39, 0.29) is 24.8 Å². The predicted molar refractivity (Wildman–Crippen MR) is 161 cm³/mol. The van der Waals surface area contributed by atoms with Crippen molar-refractivity contribution >= 4 is 23.5 Å². The molecule has 3 fully saturated rings. The second kappa shape index (κ2) is 16.8. The summed E-state index contributed by atoms with van der Waals surface area (Å²) in [5, 5.41) is 74.2. The zero-order valence-electron chi connectivity index (χ0n) is 28.8. The minimum absolute atomic E-state index is 0.0957. The third kappa shape index (κ3) is 8.35. The third-order valence-corrected chi connectivity index (χ3v) is 11.1. The molecule has 4 rings (SSSR count). The van der Waals surface area contributed by atoms with E-state index in [1.807, 2.05) is 0 Å². The van der Waals surface area contributed by atoms with Crippen LogP contribution in [0.5, 0.6) is 0 Å². The van der Waals surface area contributed by atoms with E-state index in [9.17, 15) is 29.4 Å². The predicted octanol–water partition coefficient (Wildman–Crippen LogP) is 1.03. The number of fused-ring (bicyclic) bond motifs is 5. The first kappa shape index (κ1) is 42.8. The molecule has 4 aliphatic carbocycles. The number of ether oxygens (including phenoxy) is 2. The van der Waals surface area contributed by atoms with Crippen LogP contribution in [0.3, 0.4) is 0 Å². The lowest BCUT2D eigenvalue weighted by atomic mass is 9.44. The highest BCUT2D eigenvalue weighted by molar-refractivity contribution is 6.01. The van der Waals surface area contributed by atoms with Crippen molar-refractivity contribution in [3.8, 4) is 0 Å². The minimum atomic E-state index is -2.60. The van der Waals surface area contributed by atoms with Crippen LogP contribution in [-0.2, 0) is 43.2 Å². The van der Waals surface area contributed by atoms with Crippen LogP contribution >= 0.6 is 0 Å². The molecule has 53 heavy (non-hydrogen) atoms. The van der Waals surface area contributed by atoms with E-state index >= 15 is 8.78 Å². The van der Waals surface area contributed by atoms with E-state index in [1.165, 1.54) is 19.9 Å². The second-order valence-electron chi connectivity index (χ2n) is 14.0. The van der Waals surface area contributed by atoms with Gasteiger partial charge in [-0.2, -0.15) is 0 Å². The molecule has 0 spiro atoms. The van der Waals surface area contributed by atoms with Crippen LogP contribution in [0.4, 0.5) is 8.78 Å². The number of ketones is 2. The molecule has 3 unspecified atom stereocenters. The number of allylic oxidation sites excluding steroid dienone is 4. The van der Waals surface area contributed by atoms with Gasteiger partial charge in [0.05, 0.1) is 28.9 Å². The quantitative estimate of drug-likeness (QED) is 0.0549. The van der Waals surface area contributed by atoms with E-state index < -0.39 is 150 Å². The molecule has 22 heteroatoms. The third-order valence-electron chi connectivity index (χ3n) is 11.1. The summed E-state index contributed by atoms with van der Waals surface area (Å²) in [5.41, 5.74) is -8.89. The van der Waals surface area contributed by atoms with E-state index in [0.717, 1.165) is 12.2 Å². The Bertz CT molecular complexity index is 1440. The van der Waals surface area contributed by atoms with Gasteiger partial charge in [-0.3, -0.25) is 55.3 Å². The van der Waals surface area contributed by atoms with Gasteiger partial charge in [0, 0.05) is 29.6 Å². The van der Waals surface area contributed by atoms with Gasteiger partial charge < -0.3 is 19.7 Å². The topological polar surface area (TPSA) is 286 Å². The monoisotopic (exact) mass is 769 g/mol. The second-order valence-corrected chi connectivity index (χ2v) is 14.0. The number of rotatable bonds is 18. The largest absolute Gasteiger partial charge is 0.457 e. The number of nitrogens with zero attached hydrogens (tertiary/aromatic N) is 3. The van der Waals surface area contributed by atoms with Crippen LogP contribution in [0.15, 0.2) is 23.8 Å². The first-order valence-electron chi connectivity index (χ1n) is 16.7. The molecule has 4 aliphatic rings. The average molecular weight is 770 g/mol. The minimum Gasteiger partial charge on any atom is -0.457 e. The molecule has 0 aromatic carbocycles. The van der Waals surface area contributed by atoms with Crippen molar-refractivity contribution in [2.24, 2.45) is 22.7 Å². The smallest absolute Gasteiger partial charge is 0.306 e. The Hall–Kier alpha value is -2.94. The van der Waals surface area contributed by atoms with E-state index in [2.05, 4.69) is 14.5 Å². The summed E-state index contributed by atoms with van der Waals surface area (Å²) in [5.74, 6) is -6.26. The first-order valence-corrected chi connectivity index (χ1v) is 16.7. The average Bonchev–Trinajstić information content (AvgIpc) is 3.28. The Morgan fingerprint density at radius 2 is 1.58 bits per heavy atom. The van der Waals surface area contributed by atoms with E-state index in [4.69, 9.17) is 40.7 Å².